The number of rotatable bonds is 1. The molecule has 1 aromatic carbocycles. The van der Waals surface area contributed by atoms with Crippen LogP contribution in [-0.2, 0) is 16.8 Å². The molecule has 2 rings (SSSR count). The van der Waals surface area contributed by atoms with Crippen molar-refractivity contribution in [3.8, 4) is 0 Å². The number of benzene rings is 1. The number of amides is 1. The molecule has 1 aliphatic rings. The Hall–Kier alpha value is -1.42. The second kappa shape index (κ2) is 2.78. The average Bonchev–Trinajstić information content (AvgIpc) is 2.47. The zero-order valence-electron chi connectivity index (χ0n) is 7.59. The van der Waals surface area contributed by atoms with Crippen LogP contribution < -0.4 is 11.5 Å². The summed E-state index contributed by atoms with van der Waals surface area (Å²) >= 11 is 0. The Morgan fingerprint density at radius 3 is 2.86 bits per heavy atom. The number of fused-ring (bicyclic) bond motifs is 1. The normalized spacial score (nSPS) is 24.7. The minimum Gasteiger partial charge on any atom is -0.368 e. The highest BCUT2D eigenvalue weighted by Gasteiger charge is 2.41. The topological polar surface area (TPSA) is 69.1 Å². The zero-order valence-corrected chi connectivity index (χ0v) is 7.59. The molecule has 14 heavy (non-hydrogen) atoms. The Bertz CT molecular complexity index is 405. The minimum absolute atomic E-state index is 0.309. The highest BCUT2D eigenvalue weighted by atomic mass is 19.1. The van der Waals surface area contributed by atoms with Crippen molar-refractivity contribution in [1.82, 2.24) is 0 Å². The van der Waals surface area contributed by atoms with Crippen LogP contribution in [0.5, 0.6) is 0 Å². The van der Waals surface area contributed by atoms with Gasteiger partial charge in [-0.1, -0.05) is 12.1 Å². The molecular formula is C10H11FN2O. The highest BCUT2D eigenvalue weighted by Crippen LogP contribution is 2.35. The van der Waals surface area contributed by atoms with Crippen molar-refractivity contribution in [2.24, 2.45) is 11.5 Å². The Labute approximate surface area is 80.9 Å². The number of halogens is 1. The van der Waals surface area contributed by atoms with Crippen LogP contribution in [0.15, 0.2) is 18.2 Å². The van der Waals surface area contributed by atoms with E-state index in [-0.39, 0.29) is 5.82 Å². The van der Waals surface area contributed by atoms with Crippen LogP contribution >= 0.6 is 0 Å². The molecule has 0 spiro atoms. The van der Waals surface area contributed by atoms with Gasteiger partial charge in [0.05, 0.1) is 0 Å². The summed E-state index contributed by atoms with van der Waals surface area (Å²) in [4.78, 5) is 11.2. The van der Waals surface area contributed by atoms with Gasteiger partial charge in [-0.25, -0.2) is 4.39 Å². The number of hydrogen-bond donors (Lipinski definition) is 2. The molecule has 0 radical (unpaired) electrons. The summed E-state index contributed by atoms with van der Waals surface area (Å²) in [5.74, 6) is -0.905. The molecule has 0 bridgehead atoms. The molecule has 1 aromatic rings. The quantitative estimate of drug-likeness (QED) is 0.679. The van der Waals surface area contributed by atoms with Gasteiger partial charge >= 0.3 is 0 Å². The summed E-state index contributed by atoms with van der Waals surface area (Å²) in [6.07, 6.45) is 0.861. The van der Waals surface area contributed by atoms with Crippen LogP contribution in [-0.4, -0.2) is 5.91 Å². The van der Waals surface area contributed by atoms with E-state index in [1.54, 1.807) is 12.1 Å². The van der Waals surface area contributed by atoms with Gasteiger partial charge in [0.2, 0.25) is 5.91 Å². The van der Waals surface area contributed by atoms with Crippen molar-refractivity contribution in [3.05, 3.63) is 35.1 Å². The second-order valence-electron chi connectivity index (χ2n) is 3.60. The number of hydrogen-bond acceptors (Lipinski definition) is 2. The smallest absolute Gasteiger partial charge is 0.242 e. The van der Waals surface area contributed by atoms with Crippen LogP contribution in [0.1, 0.15) is 17.5 Å². The highest BCUT2D eigenvalue weighted by molar-refractivity contribution is 5.87. The summed E-state index contributed by atoms with van der Waals surface area (Å²) in [6.45, 7) is 0. The molecule has 0 saturated heterocycles. The van der Waals surface area contributed by atoms with E-state index >= 15 is 0 Å². The summed E-state index contributed by atoms with van der Waals surface area (Å²) in [6, 6.07) is 4.58. The predicted molar refractivity (Wildman–Crippen MR) is 49.8 cm³/mol. The lowest BCUT2D eigenvalue weighted by atomic mass is 9.92. The first-order chi connectivity index (χ1) is 6.55. The Morgan fingerprint density at radius 2 is 2.21 bits per heavy atom. The van der Waals surface area contributed by atoms with E-state index in [4.69, 9.17) is 11.5 Å². The van der Waals surface area contributed by atoms with Crippen LogP contribution in [0.4, 0.5) is 4.39 Å². The van der Waals surface area contributed by atoms with Gasteiger partial charge in [0, 0.05) is 0 Å². The number of primary amides is 1. The van der Waals surface area contributed by atoms with Gasteiger partial charge in [-0.3, -0.25) is 4.79 Å². The third-order valence-corrected chi connectivity index (χ3v) is 2.81. The first-order valence-electron chi connectivity index (χ1n) is 4.42. The van der Waals surface area contributed by atoms with E-state index in [2.05, 4.69) is 0 Å². The summed E-state index contributed by atoms with van der Waals surface area (Å²) < 4.78 is 13.3. The third kappa shape index (κ3) is 1.04. The molecule has 1 aliphatic carbocycles. The van der Waals surface area contributed by atoms with E-state index in [0.29, 0.717) is 24.0 Å². The van der Waals surface area contributed by atoms with Gasteiger partial charge in [-0.2, -0.15) is 0 Å². The maximum absolute atomic E-state index is 13.3. The van der Waals surface area contributed by atoms with E-state index in [1.807, 2.05) is 0 Å². The fourth-order valence-electron chi connectivity index (χ4n) is 1.94. The van der Waals surface area contributed by atoms with Gasteiger partial charge in [0.25, 0.3) is 0 Å². The average molecular weight is 194 g/mol. The molecule has 1 unspecified atom stereocenters. The minimum atomic E-state index is -1.18. The molecule has 3 nitrogen and oxygen atoms in total. The van der Waals surface area contributed by atoms with E-state index in [9.17, 15) is 9.18 Å². The van der Waals surface area contributed by atoms with E-state index in [1.165, 1.54) is 6.07 Å². The Kier molecular flexibility index (Phi) is 1.82. The van der Waals surface area contributed by atoms with Crippen molar-refractivity contribution in [3.63, 3.8) is 0 Å². The molecule has 0 aliphatic heterocycles. The fourth-order valence-corrected chi connectivity index (χ4v) is 1.94. The number of carbonyl (C=O) groups is 1. The van der Waals surface area contributed by atoms with Crippen molar-refractivity contribution in [1.29, 1.82) is 0 Å². The molecule has 74 valence electrons. The van der Waals surface area contributed by atoms with Gasteiger partial charge in [0.1, 0.15) is 11.4 Å². The summed E-state index contributed by atoms with van der Waals surface area (Å²) in [7, 11) is 0. The zero-order chi connectivity index (χ0) is 10.3. The molecule has 4 heteroatoms. The first-order valence-corrected chi connectivity index (χ1v) is 4.42. The van der Waals surface area contributed by atoms with Crippen LogP contribution in [0.25, 0.3) is 0 Å². The molecule has 1 amide bonds. The lowest BCUT2D eigenvalue weighted by molar-refractivity contribution is -0.123. The molecule has 0 saturated carbocycles. The van der Waals surface area contributed by atoms with Gasteiger partial charge < -0.3 is 11.5 Å². The van der Waals surface area contributed by atoms with Gasteiger partial charge in [-0.15, -0.1) is 0 Å². The monoisotopic (exact) mass is 194 g/mol. The largest absolute Gasteiger partial charge is 0.368 e. The lowest BCUT2D eigenvalue weighted by Crippen LogP contribution is -2.47. The standard InChI is InChI=1S/C10H11FN2O/c11-8-3-1-2-7-6(8)4-5-10(7,13)9(12)14/h1-3H,4-5,13H2,(H2,12,14). The van der Waals surface area contributed by atoms with Crippen LogP contribution in [0, 0.1) is 5.82 Å². The summed E-state index contributed by atoms with van der Waals surface area (Å²) in [5, 5.41) is 0. The maximum Gasteiger partial charge on any atom is 0.242 e. The van der Waals surface area contributed by atoms with Crippen molar-refractivity contribution >= 4 is 5.91 Å². The van der Waals surface area contributed by atoms with E-state index < -0.39 is 11.4 Å². The molecule has 1 atom stereocenters. The predicted octanol–water partition coefficient (Wildman–Crippen LogP) is 0.411. The SMILES string of the molecule is NC(=O)C1(N)CCc2c(F)cccc21. The van der Waals surface area contributed by atoms with E-state index in [0.717, 1.165) is 0 Å². The molecule has 0 fully saturated rings. The van der Waals surface area contributed by atoms with Gasteiger partial charge in [-0.05, 0) is 30.0 Å². The summed E-state index contributed by atoms with van der Waals surface area (Å²) in [5.41, 5.74) is 10.9. The third-order valence-electron chi connectivity index (χ3n) is 2.81. The van der Waals surface area contributed by atoms with Crippen molar-refractivity contribution in [2.75, 3.05) is 0 Å². The number of nitrogens with two attached hydrogens (primary N) is 2. The van der Waals surface area contributed by atoms with Crippen molar-refractivity contribution in [2.45, 2.75) is 18.4 Å². The Morgan fingerprint density at radius 1 is 1.50 bits per heavy atom. The number of carbonyl (C=O) groups excluding carboxylic acids is 1. The lowest BCUT2D eigenvalue weighted by Gasteiger charge is -2.20. The van der Waals surface area contributed by atoms with Crippen LogP contribution in [0.3, 0.4) is 0 Å². The fraction of sp³-hybridized carbons (Fsp3) is 0.300. The molecule has 0 aromatic heterocycles. The molecular weight excluding hydrogens is 183 g/mol. The second-order valence-corrected chi connectivity index (χ2v) is 3.60. The maximum atomic E-state index is 13.3. The molecule has 0 heterocycles. The van der Waals surface area contributed by atoms with Crippen LogP contribution in [0.2, 0.25) is 0 Å². The molecule has 4 N–H and O–H groups in total. The Balaban J connectivity index is 2.60. The van der Waals surface area contributed by atoms with Crippen molar-refractivity contribution < 1.29 is 9.18 Å². The van der Waals surface area contributed by atoms with Gasteiger partial charge in [0.15, 0.2) is 0 Å². The first kappa shape index (κ1) is 9.15.